The van der Waals surface area contributed by atoms with Crippen molar-refractivity contribution >= 4 is 18.3 Å². The van der Waals surface area contributed by atoms with Crippen LogP contribution in [-0.2, 0) is 0 Å². The van der Waals surface area contributed by atoms with Crippen LogP contribution in [0.5, 0.6) is 0 Å². The SMILES string of the molecule is Cc1cc(C(=O)N2CCC(N)C(C)C2)no1.Cl. The van der Waals surface area contributed by atoms with Crippen LogP contribution in [0, 0.1) is 12.8 Å². The van der Waals surface area contributed by atoms with Gasteiger partial charge in [0.05, 0.1) is 0 Å². The molecule has 5 nitrogen and oxygen atoms in total. The van der Waals surface area contributed by atoms with Crippen LogP contribution in [0.2, 0.25) is 0 Å². The summed E-state index contributed by atoms with van der Waals surface area (Å²) < 4.78 is 4.90. The zero-order valence-corrected chi connectivity index (χ0v) is 10.9. The van der Waals surface area contributed by atoms with Crippen LogP contribution in [0.1, 0.15) is 29.6 Å². The maximum Gasteiger partial charge on any atom is 0.276 e. The fourth-order valence-electron chi connectivity index (χ4n) is 1.98. The van der Waals surface area contributed by atoms with Crippen molar-refractivity contribution < 1.29 is 9.32 Å². The number of amides is 1. The summed E-state index contributed by atoms with van der Waals surface area (Å²) in [6.45, 7) is 5.25. The van der Waals surface area contributed by atoms with E-state index in [4.69, 9.17) is 10.3 Å². The van der Waals surface area contributed by atoms with Crippen molar-refractivity contribution in [1.29, 1.82) is 0 Å². The third kappa shape index (κ3) is 2.98. The van der Waals surface area contributed by atoms with E-state index in [1.807, 2.05) is 0 Å². The number of nitrogens with zero attached hydrogens (tertiary/aromatic N) is 2. The van der Waals surface area contributed by atoms with Crippen molar-refractivity contribution in [2.24, 2.45) is 11.7 Å². The Bertz CT molecular complexity index is 394. The number of halogens is 1. The van der Waals surface area contributed by atoms with Gasteiger partial charge in [0.25, 0.3) is 5.91 Å². The van der Waals surface area contributed by atoms with E-state index >= 15 is 0 Å². The molecule has 96 valence electrons. The van der Waals surface area contributed by atoms with Crippen LogP contribution in [0.4, 0.5) is 0 Å². The van der Waals surface area contributed by atoms with Gasteiger partial charge in [0.2, 0.25) is 0 Å². The minimum atomic E-state index is -0.0596. The highest BCUT2D eigenvalue weighted by Gasteiger charge is 2.28. The van der Waals surface area contributed by atoms with Crippen LogP contribution in [0.15, 0.2) is 10.6 Å². The fourth-order valence-corrected chi connectivity index (χ4v) is 1.98. The first kappa shape index (κ1) is 14.0. The summed E-state index contributed by atoms with van der Waals surface area (Å²) in [4.78, 5) is 13.8. The molecule has 1 saturated heterocycles. The molecule has 1 aromatic rings. The van der Waals surface area contributed by atoms with Crippen molar-refractivity contribution in [2.45, 2.75) is 26.3 Å². The van der Waals surface area contributed by atoms with Gasteiger partial charge in [0.1, 0.15) is 5.76 Å². The first-order chi connectivity index (χ1) is 7.58. The Kier molecular flexibility index (Phi) is 4.54. The highest BCUT2D eigenvalue weighted by Crippen LogP contribution is 2.17. The lowest BCUT2D eigenvalue weighted by molar-refractivity contribution is 0.0653. The molecule has 0 bridgehead atoms. The first-order valence-electron chi connectivity index (χ1n) is 5.56. The fraction of sp³-hybridized carbons (Fsp3) is 0.636. The number of carbonyl (C=O) groups is 1. The Morgan fingerprint density at radius 2 is 2.35 bits per heavy atom. The Labute approximate surface area is 107 Å². The first-order valence-corrected chi connectivity index (χ1v) is 5.56. The molecule has 2 atom stereocenters. The average molecular weight is 260 g/mol. The van der Waals surface area contributed by atoms with E-state index in [1.54, 1.807) is 17.9 Å². The van der Waals surface area contributed by atoms with Crippen LogP contribution in [0.25, 0.3) is 0 Å². The minimum Gasteiger partial charge on any atom is -0.361 e. The van der Waals surface area contributed by atoms with Gasteiger partial charge in [-0.1, -0.05) is 12.1 Å². The molecule has 1 aliphatic rings. The van der Waals surface area contributed by atoms with E-state index < -0.39 is 0 Å². The number of hydrogen-bond acceptors (Lipinski definition) is 4. The number of nitrogens with two attached hydrogens (primary N) is 1. The van der Waals surface area contributed by atoms with Crippen molar-refractivity contribution in [1.82, 2.24) is 10.1 Å². The van der Waals surface area contributed by atoms with Gasteiger partial charge in [-0.25, -0.2) is 0 Å². The van der Waals surface area contributed by atoms with E-state index in [2.05, 4.69) is 12.1 Å². The van der Waals surface area contributed by atoms with Crippen molar-refractivity contribution in [3.63, 3.8) is 0 Å². The summed E-state index contributed by atoms with van der Waals surface area (Å²) in [5.41, 5.74) is 6.30. The van der Waals surface area contributed by atoms with E-state index in [1.165, 1.54) is 0 Å². The predicted molar refractivity (Wildman–Crippen MR) is 66.1 cm³/mol. The molecule has 0 spiro atoms. The van der Waals surface area contributed by atoms with Crippen LogP contribution in [0.3, 0.4) is 0 Å². The van der Waals surface area contributed by atoms with Crippen molar-refractivity contribution in [3.8, 4) is 0 Å². The van der Waals surface area contributed by atoms with Gasteiger partial charge >= 0.3 is 0 Å². The number of aromatic nitrogens is 1. The summed E-state index contributed by atoms with van der Waals surface area (Å²) >= 11 is 0. The van der Waals surface area contributed by atoms with Crippen LogP contribution >= 0.6 is 12.4 Å². The molecule has 6 heteroatoms. The molecule has 1 fully saturated rings. The lowest BCUT2D eigenvalue weighted by Gasteiger charge is -2.34. The second-order valence-electron chi connectivity index (χ2n) is 4.50. The number of piperidine rings is 1. The van der Waals surface area contributed by atoms with E-state index in [-0.39, 0.29) is 24.4 Å². The third-order valence-corrected chi connectivity index (χ3v) is 3.11. The molecule has 2 rings (SSSR count). The van der Waals surface area contributed by atoms with Gasteiger partial charge in [-0.15, -0.1) is 12.4 Å². The lowest BCUT2D eigenvalue weighted by atomic mass is 9.94. The average Bonchev–Trinajstić information content (AvgIpc) is 2.68. The molecular formula is C11H18ClN3O2. The number of hydrogen-bond donors (Lipinski definition) is 1. The van der Waals surface area contributed by atoms with Gasteiger partial charge in [0.15, 0.2) is 5.69 Å². The maximum absolute atomic E-state index is 12.0. The Balaban J connectivity index is 0.00000144. The van der Waals surface area contributed by atoms with Crippen molar-refractivity contribution in [2.75, 3.05) is 13.1 Å². The number of aryl methyl sites for hydroxylation is 1. The normalized spacial score (nSPS) is 24.3. The Hall–Kier alpha value is -1.07. The molecule has 1 amide bonds. The third-order valence-electron chi connectivity index (χ3n) is 3.11. The van der Waals surface area contributed by atoms with Gasteiger partial charge < -0.3 is 15.2 Å². The second kappa shape index (κ2) is 5.51. The predicted octanol–water partition coefficient (Wildman–Crippen LogP) is 1.21. The van der Waals surface area contributed by atoms with Gasteiger partial charge in [0, 0.05) is 25.2 Å². The number of carbonyl (C=O) groups excluding carboxylic acids is 1. The largest absolute Gasteiger partial charge is 0.361 e. The molecule has 0 aliphatic carbocycles. The molecule has 2 N–H and O–H groups in total. The summed E-state index contributed by atoms with van der Waals surface area (Å²) in [5, 5.41) is 3.74. The highest BCUT2D eigenvalue weighted by atomic mass is 35.5. The molecule has 0 saturated carbocycles. The van der Waals surface area contributed by atoms with E-state index in [0.717, 1.165) is 6.42 Å². The zero-order chi connectivity index (χ0) is 11.7. The van der Waals surface area contributed by atoms with Crippen LogP contribution < -0.4 is 5.73 Å². The van der Waals surface area contributed by atoms with Crippen molar-refractivity contribution in [3.05, 3.63) is 17.5 Å². The summed E-state index contributed by atoms with van der Waals surface area (Å²) in [5.74, 6) is 0.936. The lowest BCUT2D eigenvalue weighted by Crippen LogP contribution is -2.48. The molecule has 0 aromatic carbocycles. The molecule has 2 unspecified atom stereocenters. The smallest absolute Gasteiger partial charge is 0.276 e. The second-order valence-corrected chi connectivity index (χ2v) is 4.50. The number of rotatable bonds is 1. The number of likely N-dealkylation sites (tertiary alicyclic amines) is 1. The minimum absolute atomic E-state index is 0. The molecule has 17 heavy (non-hydrogen) atoms. The standard InChI is InChI=1S/C11H17N3O2.ClH/c1-7-6-14(4-3-9(7)12)11(15)10-5-8(2)16-13-10;/h5,7,9H,3-4,6,12H2,1-2H3;1H. The zero-order valence-electron chi connectivity index (χ0n) is 10.0. The molecular weight excluding hydrogens is 242 g/mol. The topological polar surface area (TPSA) is 72.4 Å². The van der Waals surface area contributed by atoms with Gasteiger partial charge in [-0.2, -0.15) is 0 Å². The monoisotopic (exact) mass is 259 g/mol. The Morgan fingerprint density at radius 3 is 2.88 bits per heavy atom. The summed E-state index contributed by atoms with van der Waals surface area (Å²) in [7, 11) is 0. The molecule has 1 aromatic heterocycles. The summed E-state index contributed by atoms with van der Waals surface area (Å²) in [6.07, 6.45) is 0.851. The van der Waals surface area contributed by atoms with E-state index in [9.17, 15) is 4.79 Å². The quantitative estimate of drug-likeness (QED) is 0.823. The molecule has 2 heterocycles. The van der Waals surface area contributed by atoms with Gasteiger partial charge in [-0.3, -0.25) is 4.79 Å². The van der Waals surface area contributed by atoms with Crippen LogP contribution in [-0.4, -0.2) is 35.1 Å². The highest BCUT2D eigenvalue weighted by molar-refractivity contribution is 5.92. The maximum atomic E-state index is 12.0. The van der Waals surface area contributed by atoms with Gasteiger partial charge in [-0.05, 0) is 19.3 Å². The Morgan fingerprint density at radius 1 is 1.65 bits per heavy atom. The summed E-state index contributed by atoms with van der Waals surface area (Å²) in [6, 6.07) is 1.87. The molecule has 0 radical (unpaired) electrons. The van der Waals surface area contributed by atoms with E-state index in [0.29, 0.717) is 30.5 Å². The molecule has 1 aliphatic heterocycles.